The Morgan fingerprint density at radius 2 is 1.88 bits per heavy atom. The first kappa shape index (κ1) is 32.3. The van der Waals surface area contributed by atoms with Crippen molar-refractivity contribution in [2.45, 2.75) is 76.3 Å². The Labute approximate surface area is 295 Å². The second-order valence-electron chi connectivity index (χ2n) is 16.1. The minimum Gasteiger partial charge on any atom is -0.496 e. The Bertz CT molecular complexity index is 2010. The molecular formula is C42H52N4O4. The molecule has 3 saturated heterocycles. The summed E-state index contributed by atoms with van der Waals surface area (Å²) in [5.41, 5.74) is 8.77. The first-order valence-electron chi connectivity index (χ1n) is 18.9. The molecule has 4 fully saturated rings. The van der Waals surface area contributed by atoms with Gasteiger partial charge in [0.05, 0.1) is 20.8 Å². The van der Waals surface area contributed by atoms with Crippen LogP contribution in [0.4, 0.5) is 0 Å². The van der Waals surface area contributed by atoms with Gasteiger partial charge in [-0.05, 0) is 87.2 Å². The van der Waals surface area contributed by atoms with E-state index in [1.54, 1.807) is 7.11 Å². The van der Waals surface area contributed by atoms with Gasteiger partial charge in [0.2, 0.25) is 0 Å². The molecule has 6 aliphatic rings. The quantitative estimate of drug-likeness (QED) is 0.165. The van der Waals surface area contributed by atoms with Crippen molar-refractivity contribution in [2.75, 3.05) is 47.5 Å². The van der Waals surface area contributed by atoms with E-state index in [4.69, 9.17) is 9.47 Å². The van der Waals surface area contributed by atoms with Crippen LogP contribution < -0.4 is 4.74 Å². The van der Waals surface area contributed by atoms with Crippen LogP contribution >= 0.6 is 0 Å². The number of rotatable bonds is 5. The molecule has 6 bridgehead atoms. The van der Waals surface area contributed by atoms with E-state index in [1.165, 1.54) is 77.3 Å². The van der Waals surface area contributed by atoms with Gasteiger partial charge in [-0.1, -0.05) is 43.2 Å². The maximum Gasteiger partial charge on any atom is 0.316 e. The summed E-state index contributed by atoms with van der Waals surface area (Å²) < 4.78 is 11.9. The van der Waals surface area contributed by atoms with Crippen molar-refractivity contribution in [2.24, 2.45) is 23.2 Å². The highest BCUT2D eigenvalue weighted by molar-refractivity contribution is 5.89. The molecule has 0 radical (unpaired) electrons. The second kappa shape index (κ2) is 12.0. The summed E-state index contributed by atoms with van der Waals surface area (Å²) in [7, 11) is 5.34. The van der Waals surface area contributed by atoms with E-state index in [0.29, 0.717) is 24.8 Å². The molecule has 2 aromatic carbocycles. The monoisotopic (exact) mass is 676 g/mol. The number of carbonyl (C=O) groups excluding carboxylic acids is 1. The standard InChI is InChI=1S/C42H52N4O4/c1-6-24-14-23-15-32-38-27(12-13-46(20-23)40(24)32)28-18-36(49-4)29(17-35(28)44-38)30-16-33-25(7-2)21-45(3)37(42(33,22-47)41(48)50-5)19-31-26-10-8-9-11-34(26)43-39(30)31/h7-11,17-18,23-24,30,32-33,37,40,43-44,47H,6,12-16,19-22H2,1-5H3/b25-7-/t23-,24-,30-,32-,33+,37-,40-,42-/m0/s1. The SMILES string of the molecule is C/C=C1/CN(C)[C@H]2Cc3c([nH]c4ccccc34)[C@H](c3cc4[nH]c5c(c4cc3OC)CCN3C[C@H]4C[C@H](CC)[C@H]3[C@H]5C4)C[C@H]1[C@]2(CO)C(=O)OC. The first-order chi connectivity index (χ1) is 24.3. The molecule has 0 amide bonds. The van der Waals surface area contributed by atoms with Crippen molar-refractivity contribution in [3.05, 3.63) is 76.1 Å². The number of carbonyl (C=O) groups is 1. The number of para-hydroxylation sites is 1. The van der Waals surface area contributed by atoms with E-state index in [1.807, 2.05) is 0 Å². The average Bonchev–Trinajstić information content (AvgIpc) is 3.66. The van der Waals surface area contributed by atoms with Crippen molar-refractivity contribution in [1.29, 1.82) is 0 Å². The zero-order valence-electron chi connectivity index (χ0n) is 30.2. The third-order valence-corrected chi connectivity index (χ3v) is 14.1. The molecule has 1 saturated carbocycles. The van der Waals surface area contributed by atoms with E-state index in [0.717, 1.165) is 48.2 Å². The molecule has 3 N–H and O–H groups in total. The summed E-state index contributed by atoms with van der Waals surface area (Å²) in [6.45, 7) is 7.29. The number of nitrogens with one attached hydrogen (secondary N) is 2. The van der Waals surface area contributed by atoms with Crippen molar-refractivity contribution < 1.29 is 19.4 Å². The Morgan fingerprint density at radius 3 is 2.64 bits per heavy atom. The third kappa shape index (κ3) is 4.43. The van der Waals surface area contributed by atoms with Crippen LogP contribution in [0.3, 0.4) is 0 Å². The van der Waals surface area contributed by atoms with Gasteiger partial charge in [-0.2, -0.15) is 0 Å². The van der Waals surface area contributed by atoms with E-state index < -0.39 is 5.41 Å². The van der Waals surface area contributed by atoms with Crippen LogP contribution in [0.15, 0.2) is 48.0 Å². The smallest absolute Gasteiger partial charge is 0.316 e. The van der Waals surface area contributed by atoms with E-state index in [2.05, 4.69) is 83.1 Å². The Hall–Kier alpha value is -3.59. The number of H-pyrrole nitrogens is 2. The number of benzene rings is 2. The molecule has 4 aliphatic heterocycles. The minimum atomic E-state index is -1.11. The minimum absolute atomic E-state index is 0.106. The topological polar surface area (TPSA) is 93.8 Å². The highest BCUT2D eigenvalue weighted by atomic mass is 16.5. The van der Waals surface area contributed by atoms with E-state index in [-0.39, 0.29) is 30.5 Å². The fourth-order valence-electron chi connectivity index (χ4n) is 12.0. The number of fused-ring (bicyclic) bond motifs is 9. The van der Waals surface area contributed by atoms with Crippen LogP contribution in [-0.4, -0.2) is 90.4 Å². The summed E-state index contributed by atoms with van der Waals surface area (Å²) in [6.07, 6.45) is 8.39. The van der Waals surface area contributed by atoms with Gasteiger partial charge in [0.25, 0.3) is 0 Å². The number of allylic oxidation sites excluding steroid dienone is 1. The number of likely N-dealkylation sites (N-methyl/N-ethyl adjacent to an activating group) is 1. The number of esters is 1. The number of aromatic nitrogens is 2. The normalized spacial score (nSPS) is 34.2. The summed E-state index contributed by atoms with van der Waals surface area (Å²) in [5.74, 6) is 2.33. The molecule has 9 atom stereocenters. The number of ether oxygens (including phenoxy) is 2. The van der Waals surface area contributed by atoms with E-state index >= 15 is 0 Å². The largest absolute Gasteiger partial charge is 0.496 e. The second-order valence-corrected chi connectivity index (χ2v) is 16.1. The van der Waals surface area contributed by atoms with Gasteiger partial charge in [-0.25, -0.2) is 0 Å². The van der Waals surface area contributed by atoms with E-state index in [9.17, 15) is 9.90 Å². The van der Waals surface area contributed by atoms with Gasteiger partial charge < -0.3 is 24.5 Å². The zero-order valence-corrected chi connectivity index (χ0v) is 30.2. The van der Waals surface area contributed by atoms with Crippen LogP contribution in [0.1, 0.15) is 79.4 Å². The number of methoxy groups -OCH3 is 2. The highest BCUT2D eigenvalue weighted by Crippen LogP contribution is 2.55. The van der Waals surface area contributed by atoms with Gasteiger partial charge in [0.1, 0.15) is 11.2 Å². The first-order valence-corrected chi connectivity index (χ1v) is 18.9. The van der Waals surface area contributed by atoms with Gasteiger partial charge in [-0.3, -0.25) is 14.6 Å². The molecule has 6 heterocycles. The lowest BCUT2D eigenvalue weighted by atomic mass is 9.58. The molecule has 8 nitrogen and oxygen atoms in total. The average molecular weight is 677 g/mol. The molecule has 2 aromatic heterocycles. The fraction of sp³-hybridized carbons (Fsp3) is 0.548. The maximum atomic E-state index is 14.1. The summed E-state index contributed by atoms with van der Waals surface area (Å²) in [5, 5.41) is 13.8. The summed E-state index contributed by atoms with van der Waals surface area (Å²) >= 11 is 0. The van der Waals surface area contributed by atoms with Crippen LogP contribution in [0.5, 0.6) is 5.75 Å². The lowest BCUT2D eigenvalue weighted by molar-refractivity contribution is -0.169. The Morgan fingerprint density at radius 1 is 1.06 bits per heavy atom. The van der Waals surface area contributed by atoms with Crippen LogP contribution in [0.2, 0.25) is 0 Å². The molecule has 264 valence electrons. The summed E-state index contributed by atoms with van der Waals surface area (Å²) in [6, 6.07) is 13.6. The number of aliphatic hydroxyl groups excluding tert-OH is 1. The maximum absolute atomic E-state index is 14.1. The number of hydrogen-bond acceptors (Lipinski definition) is 6. The van der Waals surface area contributed by atoms with Gasteiger partial charge in [-0.15, -0.1) is 0 Å². The Kier molecular flexibility index (Phi) is 7.75. The molecule has 2 aliphatic carbocycles. The van der Waals surface area contributed by atoms with Gasteiger partial charge in [0.15, 0.2) is 0 Å². The molecule has 4 aromatic rings. The number of nitrogens with zero attached hydrogens (tertiary/aromatic N) is 2. The number of aliphatic hydroxyl groups is 1. The van der Waals surface area contributed by atoms with Crippen molar-refractivity contribution >= 4 is 27.8 Å². The van der Waals surface area contributed by atoms with Crippen LogP contribution in [-0.2, 0) is 22.4 Å². The lowest BCUT2D eigenvalue weighted by Crippen LogP contribution is -2.63. The fourth-order valence-corrected chi connectivity index (χ4v) is 12.0. The Balaban J connectivity index is 1.25. The van der Waals surface area contributed by atoms with Crippen molar-refractivity contribution in [3.63, 3.8) is 0 Å². The predicted molar refractivity (Wildman–Crippen MR) is 197 cm³/mol. The van der Waals surface area contributed by atoms with Crippen LogP contribution in [0, 0.1) is 23.2 Å². The number of likely N-dealkylation sites (tertiary alicyclic amines) is 1. The summed E-state index contributed by atoms with van der Waals surface area (Å²) in [4.78, 5) is 27.1. The van der Waals surface area contributed by atoms with Crippen molar-refractivity contribution in [1.82, 2.24) is 19.8 Å². The number of aromatic amines is 2. The third-order valence-electron chi connectivity index (χ3n) is 14.1. The molecule has 10 rings (SSSR count). The number of hydrogen-bond donors (Lipinski definition) is 3. The molecular weight excluding hydrogens is 624 g/mol. The zero-order chi connectivity index (χ0) is 34.5. The molecule has 1 unspecified atom stereocenters. The molecule has 0 spiro atoms. The molecule has 50 heavy (non-hydrogen) atoms. The molecule has 8 heteroatoms. The highest BCUT2D eigenvalue weighted by Gasteiger charge is 2.59. The van der Waals surface area contributed by atoms with Crippen molar-refractivity contribution in [3.8, 4) is 5.75 Å². The number of piperidine rings is 3. The predicted octanol–water partition coefficient (Wildman–Crippen LogP) is 6.52. The van der Waals surface area contributed by atoms with Gasteiger partial charge in [0, 0.05) is 88.2 Å². The lowest BCUT2D eigenvalue weighted by Gasteiger charge is -2.53. The van der Waals surface area contributed by atoms with Gasteiger partial charge >= 0.3 is 5.97 Å². The van der Waals surface area contributed by atoms with Crippen LogP contribution in [0.25, 0.3) is 21.8 Å².